The van der Waals surface area contributed by atoms with E-state index in [1.54, 1.807) is 0 Å². The van der Waals surface area contributed by atoms with Crippen LogP contribution in [-0.4, -0.2) is 22.6 Å². The molecule has 1 fully saturated rings. The summed E-state index contributed by atoms with van der Waals surface area (Å²) in [5.74, 6) is 0.116. The number of thioether (sulfide) groups is 1. The molecule has 0 saturated carbocycles. The minimum absolute atomic E-state index is 0.0611. The fourth-order valence-electron chi connectivity index (χ4n) is 1.58. The summed E-state index contributed by atoms with van der Waals surface area (Å²) in [6, 6.07) is 9.67. The van der Waals surface area contributed by atoms with E-state index in [4.69, 9.17) is 0 Å². The van der Waals surface area contributed by atoms with E-state index < -0.39 is 0 Å². The van der Waals surface area contributed by atoms with Crippen LogP contribution < -0.4 is 5.43 Å². The molecule has 1 aromatic carbocycles. The zero-order chi connectivity index (χ0) is 11.5. The van der Waals surface area contributed by atoms with Crippen LogP contribution in [0, 0.1) is 0 Å². The van der Waals surface area contributed by atoms with E-state index in [1.165, 1.54) is 23.7 Å². The number of nitrogens with one attached hydrogen (secondary N) is 1. The Morgan fingerprint density at radius 1 is 1.44 bits per heavy atom. The van der Waals surface area contributed by atoms with E-state index in [-0.39, 0.29) is 17.2 Å². The van der Waals surface area contributed by atoms with E-state index in [0.717, 1.165) is 5.56 Å². The highest BCUT2D eigenvalue weighted by Crippen LogP contribution is 2.36. The quantitative estimate of drug-likeness (QED) is 0.842. The van der Waals surface area contributed by atoms with Crippen LogP contribution in [0.3, 0.4) is 0 Å². The van der Waals surface area contributed by atoms with Crippen LogP contribution in [0.5, 0.6) is 0 Å². The lowest BCUT2D eigenvalue weighted by Gasteiger charge is -2.23. The number of carbonyl (C=O) groups is 2. The Bertz CT molecular complexity index is 408. The molecule has 5 heteroatoms. The molecule has 0 aromatic heterocycles. The van der Waals surface area contributed by atoms with Gasteiger partial charge in [-0.1, -0.05) is 30.3 Å². The molecule has 2 amide bonds. The summed E-state index contributed by atoms with van der Waals surface area (Å²) in [5, 5.41) is 1.29. The van der Waals surface area contributed by atoms with Crippen LogP contribution in [0.1, 0.15) is 17.9 Å². The van der Waals surface area contributed by atoms with E-state index >= 15 is 0 Å². The lowest BCUT2D eigenvalue weighted by molar-refractivity contribution is -0.138. The number of amides is 2. The Morgan fingerprint density at radius 2 is 2.12 bits per heavy atom. The molecular formula is C11H12N2O2S. The van der Waals surface area contributed by atoms with Gasteiger partial charge in [0.05, 0.1) is 5.75 Å². The van der Waals surface area contributed by atoms with Crippen LogP contribution in [-0.2, 0) is 9.59 Å². The van der Waals surface area contributed by atoms with Gasteiger partial charge in [0.15, 0.2) is 0 Å². The summed E-state index contributed by atoms with van der Waals surface area (Å²) >= 11 is 1.52. The van der Waals surface area contributed by atoms with Crippen molar-refractivity contribution in [1.82, 2.24) is 10.4 Å². The maximum Gasteiger partial charge on any atom is 0.252 e. The standard InChI is InChI=1S/C11H12N2O2S/c1-8(14)12-13-10(15)7-16-11(13)9-5-3-2-4-6-9/h2-6,11H,7H2,1H3,(H,12,14). The van der Waals surface area contributed by atoms with Crippen molar-refractivity contribution in [3.63, 3.8) is 0 Å². The lowest BCUT2D eigenvalue weighted by Crippen LogP contribution is -2.43. The minimum Gasteiger partial charge on any atom is -0.274 e. The first-order chi connectivity index (χ1) is 7.68. The molecule has 0 bridgehead atoms. The summed E-state index contributed by atoms with van der Waals surface area (Å²) in [6.07, 6.45) is 0. The Hall–Kier alpha value is -1.49. The van der Waals surface area contributed by atoms with E-state index in [9.17, 15) is 9.59 Å². The second-order valence-electron chi connectivity index (χ2n) is 3.51. The van der Waals surface area contributed by atoms with Crippen molar-refractivity contribution in [2.45, 2.75) is 12.3 Å². The van der Waals surface area contributed by atoms with Crippen LogP contribution in [0.15, 0.2) is 30.3 Å². The summed E-state index contributed by atoms with van der Waals surface area (Å²) in [4.78, 5) is 22.6. The summed E-state index contributed by atoms with van der Waals surface area (Å²) < 4.78 is 0. The maximum absolute atomic E-state index is 11.6. The van der Waals surface area contributed by atoms with Crippen molar-refractivity contribution in [2.75, 3.05) is 5.75 Å². The molecule has 4 nitrogen and oxygen atoms in total. The number of hydrogen-bond acceptors (Lipinski definition) is 3. The molecule has 1 atom stereocenters. The van der Waals surface area contributed by atoms with Gasteiger partial charge in [0, 0.05) is 6.92 Å². The van der Waals surface area contributed by atoms with Gasteiger partial charge in [-0.25, -0.2) is 5.01 Å². The number of hydrazine groups is 1. The molecule has 1 aromatic rings. The Kier molecular flexibility index (Phi) is 3.14. The molecule has 0 spiro atoms. The van der Waals surface area contributed by atoms with Crippen molar-refractivity contribution in [1.29, 1.82) is 0 Å². The van der Waals surface area contributed by atoms with Gasteiger partial charge in [-0.2, -0.15) is 0 Å². The van der Waals surface area contributed by atoms with Crippen molar-refractivity contribution in [3.05, 3.63) is 35.9 Å². The highest BCUT2D eigenvalue weighted by atomic mass is 32.2. The van der Waals surface area contributed by atoms with Gasteiger partial charge in [0.2, 0.25) is 5.91 Å². The molecule has 16 heavy (non-hydrogen) atoms. The third-order valence-corrected chi connectivity index (χ3v) is 3.44. The summed E-state index contributed by atoms with van der Waals surface area (Å²) in [5.41, 5.74) is 3.58. The van der Waals surface area contributed by atoms with Crippen molar-refractivity contribution < 1.29 is 9.59 Å². The Labute approximate surface area is 98.0 Å². The number of hydrogen-bond donors (Lipinski definition) is 1. The monoisotopic (exact) mass is 236 g/mol. The molecule has 1 saturated heterocycles. The molecule has 2 rings (SSSR count). The number of carbonyl (C=O) groups excluding carboxylic acids is 2. The fraction of sp³-hybridized carbons (Fsp3) is 0.273. The molecule has 84 valence electrons. The molecule has 1 aliphatic heterocycles. The largest absolute Gasteiger partial charge is 0.274 e. The van der Waals surface area contributed by atoms with Gasteiger partial charge in [-0.3, -0.25) is 15.0 Å². The Balaban J connectivity index is 2.21. The minimum atomic E-state index is -0.225. The molecule has 0 radical (unpaired) electrons. The molecule has 1 unspecified atom stereocenters. The van der Waals surface area contributed by atoms with E-state index in [2.05, 4.69) is 5.43 Å². The number of benzene rings is 1. The highest BCUT2D eigenvalue weighted by molar-refractivity contribution is 8.00. The molecule has 1 aliphatic rings. The molecule has 0 aliphatic carbocycles. The normalized spacial score (nSPS) is 19.9. The third kappa shape index (κ3) is 2.19. The van der Waals surface area contributed by atoms with Crippen molar-refractivity contribution >= 4 is 23.6 Å². The third-order valence-electron chi connectivity index (χ3n) is 2.23. The zero-order valence-corrected chi connectivity index (χ0v) is 9.66. The van der Waals surface area contributed by atoms with Gasteiger partial charge in [0.25, 0.3) is 5.91 Å². The van der Waals surface area contributed by atoms with E-state index in [1.807, 2.05) is 30.3 Å². The number of rotatable bonds is 2. The first kappa shape index (κ1) is 11.0. The van der Waals surface area contributed by atoms with E-state index in [0.29, 0.717) is 5.75 Å². The van der Waals surface area contributed by atoms with Gasteiger partial charge < -0.3 is 0 Å². The lowest BCUT2D eigenvalue weighted by atomic mass is 10.2. The molecular weight excluding hydrogens is 224 g/mol. The fourth-order valence-corrected chi connectivity index (χ4v) is 2.69. The average Bonchev–Trinajstić information content (AvgIpc) is 2.61. The predicted octanol–water partition coefficient (Wildman–Crippen LogP) is 1.31. The predicted molar refractivity (Wildman–Crippen MR) is 62.3 cm³/mol. The van der Waals surface area contributed by atoms with Crippen LogP contribution in [0.4, 0.5) is 0 Å². The second kappa shape index (κ2) is 4.57. The topological polar surface area (TPSA) is 49.4 Å². The number of nitrogens with zero attached hydrogens (tertiary/aromatic N) is 1. The van der Waals surface area contributed by atoms with Gasteiger partial charge in [0.1, 0.15) is 5.37 Å². The maximum atomic E-state index is 11.6. The van der Waals surface area contributed by atoms with Crippen molar-refractivity contribution in [3.8, 4) is 0 Å². The van der Waals surface area contributed by atoms with Crippen molar-refractivity contribution in [2.24, 2.45) is 0 Å². The van der Waals surface area contributed by atoms with Gasteiger partial charge in [-0.05, 0) is 5.56 Å². The highest BCUT2D eigenvalue weighted by Gasteiger charge is 2.33. The van der Waals surface area contributed by atoms with Crippen LogP contribution in [0.2, 0.25) is 0 Å². The van der Waals surface area contributed by atoms with Crippen LogP contribution in [0.25, 0.3) is 0 Å². The van der Waals surface area contributed by atoms with Crippen LogP contribution >= 0.6 is 11.8 Å². The SMILES string of the molecule is CC(=O)NN1C(=O)CSC1c1ccccc1. The first-order valence-corrected chi connectivity index (χ1v) is 5.99. The summed E-state index contributed by atoms with van der Waals surface area (Å²) in [7, 11) is 0. The molecule has 1 N–H and O–H groups in total. The summed E-state index contributed by atoms with van der Waals surface area (Å²) in [6.45, 7) is 1.40. The second-order valence-corrected chi connectivity index (χ2v) is 4.57. The Morgan fingerprint density at radius 3 is 2.75 bits per heavy atom. The average molecular weight is 236 g/mol. The zero-order valence-electron chi connectivity index (χ0n) is 8.84. The smallest absolute Gasteiger partial charge is 0.252 e. The van der Waals surface area contributed by atoms with Gasteiger partial charge >= 0.3 is 0 Å². The van der Waals surface area contributed by atoms with Gasteiger partial charge in [-0.15, -0.1) is 11.8 Å². The first-order valence-electron chi connectivity index (χ1n) is 4.94. The molecule has 1 heterocycles.